The molecule has 0 heterocycles. The van der Waals surface area contributed by atoms with Gasteiger partial charge in [-0.3, -0.25) is 9.59 Å². The molecule has 0 bridgehead atoms. The normalized spacial score (nSPS) is 13.9. The van der Waals surface area contributed by atoms with Crippen LogP contribution in [0.4, 0.5) is 0 Å². The fraction of sp³-hybridized carbons (Fsp3) is 0.875. The predicted octanol–water partition coefficient (Wildman–Crippen LogP) is 4.60. The summed E-state index contributed by atoms with van der Waals surface area (Å²) >= 11 is 7.79. The standard InChI is InChI=1S/C16H30O3S2/c1-3-5-7-9-11-16(15(18)21,13-14(17)20)19-12-10-8-6-4-2/h3-13H2,1-2H3,(H,17,20)(H,18,21). The molecule has 0 aromatic rings. The molecule has 0 saturated carbocycles. The van der Waals surface area contributed by atoms with Crippen LogP contribution in [0.2, 0.25) is 0 Å². The van der Waals surface area contributed by atoms with Crippen molar-refractivity contribution in [2.45, 2.75) is 83.7 Å². The molecule has 5 heteroatoms. The molecule has 0 spiro atoms. The third-order valence-electron chi connectivity index (χ3n) is 3.64. The van der Waals surface area contributed by atoms with E-state index in [1.54, 1.807) is 0 Å². The topological polar surface area (TPSA) is 43.4 Å². The molecular formula is C16H30O3S2. The Kier molecular flexibility index (Phi) is 12.5. The highest BCUT2D eigenvalue weighted by atomic mass is 32.1. The third-order valence-corrected chi connectivity index (χ3v) is 4.20. The summed E-state index contributed by atoms with van der Waals surface area (Å²) in [6.45, 7) is 4.79. The van der Waals surface area contributed by atoms with E-state index in [0.717, 1.165) is 51.4 Å². The van der Waals surface area contributed by atoms with E-state index < -0.39 is 5.60 Å². The highest BCUT2D eigenvalue weighted by Gasteiger charge is 2.38. The minimum absolute atomic E-state index is 0.0122. The van der Waals surface area contributed by atoms with E-state index in [4.69, 9.17) is 4.74 Å². The summed E-state index contributed by atoms with van der Waals surface area (Å²) < 4.78 is 5.83. The molecule has 3 nitrogen and oxygen atoms in total. The zero-order chi connectivity index (χ0) is 16.1. The molecule has 0 aliphatic rings. The first kappa shape index (κ1) is 21.0. The van der Waals surface area contributed by atoms with E-state index in [1.165, 1.54) is 0 Å². The summed E-state index contributed by atoms with van der Waals surface area (Å²) in [5, 5.41) is -0.668. The second-order valence-electron chi connectivity index (χ2n) is 5.59. The first-order valence-corrected chi connectivity index (χ1v) is 8.97. The quantitative estimate of drug-likeness (QED) is 0.360. The predicted molar refractivity (Wildman–Crippen MR) is 94.2 cm³/mol. The smallest absolute Gasteiger partial charge is 0.218 e. The molecule has 1 atom stereocenters. The van der Waals surface area contributed by atoms with Crippen LogP contribution >= 0.6 is 25.3 Å². The maximum absolute atomic E-state index is 11.9. The minimum Gasteiger partial charge on any atom is -0.366 e. The van der Waals surface area contributed by atoms with Gasteiger partial charge in [-0.2, -0.15) is 0 Å². The van der Waals surface area contributed by atoms with Crippen LogP contribution in [0.15, 0.2) is 0 Å². The molecule has 0 aliphatic carbocycles. The number of carbonyl (C=O) groups excluding carboxylic acids is 2. The number of thiol groups is 2. The molecule has 0 amide bonds. The number of ether oxygens (including phenoxy) is 1. The molecule has 0 fully saturated rings. The van der Waals surface area contributed by atoms with Crippen molar-refractivity contribution in [2.75, 3.05) is 6.61 Å². The van der Waals surface area contributed by atoms with E-state index in [1.807, 2.05) is 0 Å². The Bertz CT molecular complexity index is 308. The van der Waals surface area contributed by atoms with Gasteiger partial charge in [-0.1, -0.05) is 58.8 Å². The molecule has 0 radical (unpaired) electrons. The van der Waals surface area contributed by atoms with E-state index in [-0.39, 0.29) is 16.7 Å². The summed E-state index contributed by atoms with van der Waals surface area (Å²) in [5.41, 5.74) is -1.08. The minimum atomic E-state index is -1.08. The lowest BCUT2D eigenvalue weighted by Crippen LogP contribution is -2.41. The third kappa shape index (κ3) is 9.59. The number of carbonyl (C=O) groups is 2. The van der Waals surface area contributed by atoms with Gasteiger partial charge in [0, 0.05) is 6.61 Å². The van der Waals surface area contributed by atoms with Crippen LogP contribution in [0, 0.1) is 0 Å². The van der Waals surface area contributed by atoms with Crippen LogP contribution in [0.5, 0.6) is 0 Å². The first-order valence-electron chi connectivity index (χ1n) is 8.07. The van der Waals surface area contributed by atoms with E-state index in [9.17, 15) is 9.59 Å². The van der Waals surface area contributed by atoms with Crippen molar-refractivity contribution in [3.8, 4) is 0 Å². The molecule has 0 N–H and O–H groups in total. The molecule has 0 rings (SSSR count). The van der Waals surface area contributed by atoms with Gasteiger partial charge in [0.05, 0.1) is 6.42 Å². The fourth-order valence-electron chi connectivity index (χ4n) is 2.33. The number of hydrogen-bond donors (Lipinski definition) is 2. The highest BCUT2D eigenvalue weighted by molar-refractivity contribution is 7.97. The van der Waals surface area contributed by atoms with Crippen molar-refractivity contribution in [1.82, 2.24) is 0 Å². The summed E-state index contributed by atoms with van der Waals surface area (Å²) in [7, 11) is 0. The van der Waals surface area contributed by atoms with Gasteiger partial charge in [0.15, 0.2) is 5.12 Å². The van der Waals surface area contributed by atoms with Crippen LogP contribution in [-0.2, 0) is 14.3 Å². The lowest BCUT2D eigenvalue weighted by atomic mass is 9.93. The van der Waals surface area contributed by atoms with Gasteiger partial charge in [-0.15, -0.1) is 25.3 Å². The Balaban J connectivity index is 4.53. The van der Waals surface area contributed by atoms with Crippen LogP contribution in [0.3, 0.4) is 0 Å². The van der Waals surface area contributed by atoms with Gasteiger partial charge >= 0.3 is 0 Å². The Morgan fingerprint density at radius 3 is 1.95 bits per heavy atom. The SMILES string of the molecule is CCCCCCOC(CCCCCC)(CC(=O)S)C(=O)S. The molecule has 0 aromatic carbocycles. The average molecular weight is 335 g/mol. The van der Waals surface area contributed by atoms with Crippen LogP contribution in [-0.4, -0.2) is 22.4 Å². The summed E-state index contributed by atoms with van der Waals surface area (Å²) in [6, 6.07) is 0. The molecule has 1 unspecified atom stereocenters. The fourth-order valence-corrected chi connectivity index (χ4v) is 2.84. The maximum Gasteiger partial charge on any atom is 0.218 e. The van der Waals surface area contributed by atoms with E-state index in [2.05, 4.69) is 39.1 Å². The summed E-state index contributed by atoms with van der Waals surface area (Å²) in [4.78, 5) is 23.3. The van der Waals surface area contributed by atoms with Crippen molar-refractivity contribution >= 4 is 35.5 Å². The molecule has 124 valence electrons. The van der Waals surface area contributed by atoms with Crippen LogP contribution in [0.1, 0.15) is 78.1 Å². The number of hydrogen-bond acceptors (Lipinski definition) is 3. The van der Waals surface area contributed by atoms with Gasteiger partial charge < -0.3 is 4.74 Å². The van der Waals surface area contributed by atoms with Crippen molar-refractivity contribution in [1.29, 1.82) is 0 Å². The van der Waals surface area contributed by atoms with Crippen LogP contribution < -0.4 is 0 Å². The van der Waals surface area contributed by atoms with E-state index >= 15 is 0 Å². The van der Waals surface area contributed by atoms with Crippen molar-refractivity contribution in [3.05, 3.63) is 0 Å². The van der Waals surface area contributed by atoms with Gasteiger partial charge in [0.25, 0.3) is 0 Å². The molecule has 21 heavy (non-hydrogen) atoms. The van der Waals surface area contributed by atoms with Crippen LogP contribution in [0.25, 0.3) is 0 Å². The van der Waals surface area contributed by atoms with Gasteiger partial charge in [-0.05, 0) is 12.8 Å². The van der Waals surface area contributed by atoms with E-state index in [0.29, 0.717) is 13.0 Å². The lowest BCUT2D eigenvalue weighted by Gasteiger charge is -2.30. The second-order valence-corrected chi connectivity index (χ2v) is 6.49. The summed E-state index contributed by atoms with van der Waals surface area (Å²) in [5.74, 6) is 0. The molecule has 0 saturated heterocycles. The van der Waals surface area contributed by atoms with Crippen molar-refractivity contribution in [2.24, 2.45) is 0 Å². The zero-order valence-electron chi connectivity index (χ0n) is 13.4. The lowest BCUT2D eigenvalue weighted by molar-refractivity contribution is -0.141. The van der Waals surface area contributed by atoms with Crippen molar-refractivity contribution < 1.29 is 14.3 Å². The zero-order valence-corrected chi connectivity index (χ0v) is 15.2. The Morgan fingerprint density at radius 1 is 0.905 bits per heavy atom. The second kappa shape index (κ2) is 12.5. The average Bonchev–Trinajstić information content (AvgIpc) is 2.42. The molecule has 0 aliphatic heterocycles. The monoisotopic (exact) mass is 334 g/mol. The van der Waals surface area contributed by atoms with Gasteiger partial charge in [0.2, 0.25) is 5.12 Å². The highest BCUT2D eigenvalue weighted by Crippen LogP contribution is 2.28. The first-order chi connectivity index (χ1) is 9.98. The Hall–Kier alpha value is -0.0000000000000000555. The largest absolute Gasteiger partial charge is 0.366 e. The van der Waals surface area contributed by atoms with Gasteiger partial charge in [0.1, 0.15) is 5.60 Å². The number of rotatable bonds is 14. The van der Waals surface area contributed by atoms with Gasteiger partial charge in [-0.25, -0.2) is 0 Å². The number of unbranched alkanes of at least 4 members (excludes halogenated alkanes) is 6. The summed E-state index contributed by atoms with van der Waals surface area (Å²) in [6.07, 6.45) is 9.04. The Labute approximate surface area is 140 Å². The Morgan fingerprint density at radius 2 is 1.48 bits per heavy atom. The molecule has 0 aromatic heterocycles. The maximum atomic E-state index is 11.9. The van der Waals surface area contributed by atoms with Crippen molar-refractivity contribution in [3.63, 3.8) is 0 Å². The molecular weight excluding hydrogens is 304 g/mol.